The van der Waals surface area contributed by atoms with E-state index >= 15 is 0 Å². The van der Waals surface area contributed by atoms with Crippen LogP contribution in [0.15, 0.2) is 30.3 Å². The minimum Gasteiger partial charge on any atom is -0.496 e. The van der Waals surface area contributed by atoms with Crippen molar-refractivity contribution in [1.82, 2.24) is 4.98 Å². The summed E-state index contributed by atoms with van der Waals surface area (Å²) in [5.41, 5.74) is 0.360. The van der Waals surface area contributed by atoms with Gasteiger partial charge in [0, 0.05) is 24.3 Å². The number of aliphatic hydroxyl groups is 1. The van der Waals surface area contributed by atoms with Crippen molar-refractivity contribution in [2.24, 2.45) is 0 Å². The standard InChI is InChI=1S/C14H14ClNO4/c1-18-9-5-10(19-2)7-11(6-9)20-14-4-3-12(15)13(8-17)16-14/h3-7,17H,8H2,1-2H3. The second-order valence-corrected chi connectivity index (χ2v) is 4.29. The smallest absolute Gasteiger partial charge is 0.219 e. The van der Waals surface area contributed by atoms with Crippen LogP contribution in [0.3, 0.4) is 0 Å². The molecule has 2 aromatic rings. The average molecular weight is 296 g/mol. The molecule has 1 aromatic carbocycles. The van der Waals surface area contributed by atoms with Gasteiger partial charge >= 0.3 is 0 Å². The largest absolute Gasteiger partial charge is 0.496 e. The van der Waals surface area contributed by atoms with E-state index in [1.807, 2.05) is 0 Å². The lowest BCUT2D eigenvalue weighted by atomic mass is 10.3. The molecule has 0 aliphatic carbocycles. The van der Waals surface area contributed by atoms with Crippen molar-refractivity contribution < 1.29 is 19.3 Å². The zero-order valence-electron chi connectivity index (χ0n) is 11.1. The Bertz CT molecular complexity index is 581. The summed E-state index contributed by atoms with van der Waals surface area (Å²) in [4.78, 5) is 4.11. The van der Waals surface area contributed by atoms with Gasteiger partial charge in [-0.2, -0.15) is 0 Å². The lowest BCUT2D eigenvalue weighted by Crippen LogP contribution is -1.95. The van der Waals surface area contributed by atoms with Gasteiger partial charge in [-0.1, -0.05) is 11.6 Å². The third kappa shape index (κ3) is 3.31. The van der Waals surface area contributed by atoms with E-state index in [0.717, 1.165) is 0 Å². The van der Waals surface area contributed by atoms with Crippen LogP contribution in [-0.2, 0) is 6.61 Å². The van der Waals surface area contributed by atoms with Gasteiger partial charge in [-0.15, -0.1) is 0 Å². The number of hydrogen-bond donors (Lipinski definition) is 1. The van der Waals surface area contributed by atoms with Gasteiger partial charge in [0.25, 0.3) is 0 Å². The fourth-order valence-electron chi connectivity index (χ4n) is 1.59. The highest BCUT2D eigenvalue weighted by Crippen LogP contribution is 2.30. The molecule has 5 nitrogen and oxygen atoms in total. The Morgan fingerprint density at radius 1 is 1.05 bits per heavy atom. The summed E-state index contributed by atoms with van der Waals surface area (Å²) in [7, 11) is 3.12. The second-order valence-electron chi connectivity index (χ2n) is 3.89. The average Bonchev–Trinajstić information content (AvgIpc) is 2.48. The first-order chi connectivity index (χ1) is 9.66. The number of rotatable bonds is 5. The zero-order chi connectivity index (χ0) is 14.5. The van der Waals surface area contributed by atoms with E-state index in [2.05, 4.69) is 4.98 Å². The number of methoxy groups -OCH3 is 2. The molecule has 1 heterocycles. The van der Waals surface area contributed by atoms with E-state index in [1.54, 1.807) is 44.6 Å². The lowest BCUT2D eigenvalue weighted by Gasteiger charge is -2.10. The summed E-state index contributed by atoms with van der Waals surface area (Å²) in [5, 5.41) is 9.52. The molecule has 0 aliphatic rings. The Morgan fingerprint density at radius 2 is 1.65 bits per heavy atom. The van der Waals surface area contributed by atoms with Gasteiger partial charge in [0.2, 0.25) is 5.88 Å². The number of ether oxygens (including phenoxy) is 3. The number of halogens is 1. The SMILES string of the molecule is COc1cc(OC)cc(Oc2ccc(Cl)c(CO)n2)c1. The number of benzene rings is 1. The molecule has 0 saturated carbocycles. The molecule has 0 radical (unpaired) electrons. The van der Waals surface area contributed by atoms with Crippen LogP contribution < -0.4 is 14.2 Å². The number of aliphatic hydroxyl groups excluding tert-OH is 1. The highest BCUT2D eigenvalue weighted by atomic mass is 35.5. The van der Waals surface area contributed by atoms with E-state index in [4.69, 9.17) is 30.9 Å². The summed E-state index contributed by atoms with van der Waals surface area (Å²) < 4.78 is 15.9. The molecule has 0 saturated heterocycles. The Balaban J connectivity index is 2.29. The monoisotopic (exact) mass is 295 g/mol. The summed E-state index contributed by atoms with van der Waals surface area (Å²) in [6.07, 6.45) is 0. The quantitative estimate of drug-likeness (QED) is 0.918. The first kappa shape index (κ1) is 14.4. The van der Waals surface area contributed by atoms with Crippen molar-refractivity contribution in [1.29, 1.82) is 0 Å². The molecule has 20 heavy (non-hydrogen) atoms. The van der Waals surface area contributed by atoms with E-state index in [9.17, 15) is 0 Å². The highest BCUT2D eigenvalue weighted by Gasteiger charge is 2.07. The first-order valence-corrected chi connectivity index (χ1v) is 6.21. The fourth-order valence-corrected chi connectivity index (χ4v) is 1.76. The van der Waals surface area contributed by atoms with Gasteiger partial charge in [-0.05, 0) is 6.07 Å². The number of pyridine rings is 1. The lowest BCUT2D eigenvalue weighted by molar-refractivity contribution is 0.275. The zero-order valence-corrected chi connectivity index (χ0v) is 11.8. The van der Waals surface area contributed by atoms with E-state index in [1.165, 1.54) is 0 Å². The van der Waals surface area contributed by atoms with Crippen LogP contribution in [0.1, 0.15) is 5.69 Å². The molecule has 0 unspecified atom stereocenters. The van der Waals surface area contributed by atoms with Gasteiger partial charge < -0.3 is 19.3 Å². The topological polar surface area (TPSA) is 60.8 Å². The van der Waals surface area contributed by atoms with Gasteiger partial charge in [-0.3, -0.25) is 0 Å². The van der Waals surface area contributed by atoms with Crippen LogP contribution in [0.2, 0.25) is 5.02 Å². The maximum absolute atomic E-state index is 9.13. The van der Waals surface area contributed by atoms with Crippen molar-refractivity contribution >= 4 is 11.6 Å². The molecule has 0 spiro atoms. The van der Waals surface area contributed by atoms with Crippen LogP contribution in [-0.4, -0.2) is 24.3 Å². The van der Waals surface area contributed by atoms with Crippen LogP contribution in [0.5, 0.6) is 23.1 Å². The van der Waals surface area contributed by atoms with E-state index < -0.39 is 0 Å². The summed E-state index contributed by atoms with van der Waals surface area (Å²) >= 11 is 5.88. The predicted octanol–water partition coefficient (Wildman–Crippen LogP) is 3.04. The predicted molar refractivity (Wildman–Crippen MR) is 74.8 cm³/mol. The molecule has 0 amide bonds. The number of hydrogen-bond acceptors (Lipinski definition) is 5. The Kier molecular flexibility index (Phi) is 4.65. The van der Waals surface area contributed by atoms with Gasteiger partial charge in [0.05, 0.1) is 31.5 Å². The van der Waals surface area contributed by atoms with Crippen LogP contribution in [0.25, 0.3) is 0 Å². The van der Waals surface area contributed by atoms with Crippen molar-refractivity contribution in [2.75, 3.05) is 14.2 Å². The number of nitrogens with zero attached hydrogens (tertiary/aromatic N) is 1. The normalized spacial score (nSPS) is 10.2. The van der Waals surface area contributed by atoms with Gasteiger partial charge in [-0.25, -0.2) is 4.98 Å². The van der Waals surface area contributed by atoms with Crippen LogP contribution in [0.4, 0.5) is 0 Å². The highest BCUT2D eigenvalue weighted by molar-refractivity contribution is 6.31. The minimum atomic E-state index is -0.253. The summed E-state index contributed by atoms with van der Waals surface area (Å²) in [6, 6.07) is 8.39. The number of aromatic nitrogens is 1. The molecule has 0 atom stereocenters. The van der Waals surface area contributed by atoms with Crippen molar-refractivity contribution in [3.63, 3.8) is 0 Å². The van der Waals surface area contributed by atoms with Crippen molar-refractivity contribution in [2.45, 2.75) is 6.61 Å². The molecule has 1 N–H and O–H groups in total. The van der Waals surface area contributed by atoms with Gasteiger partial charge in [0.1, 0.15) is 17.2 Å². The molecular formula is C14H14ClNO4. The first-order valence-electron chi connectivity index (χ1n) is 5.83. The molecule has 0 aliphatic heterocycles. The summed E-state index contributed by atoms with van der Waals surface area (Å²) in [5.74, 6) is 2.06. The molecule has 0 bridgehead atoms. The molecule has 106 valence electrons. The maximum atomic E-state index is 9.13. The van der Waals surface area contributed by atoms with E-state index in [0.29, 0.717) is 33.8 Å². The van der Waals surface area contributed by atoms with Crippen molar-refractivity contribution in [3.05, 3.63) is 41.0 Å². The molecule has 1 aromatic heterocycles. The Hall–Kier alpha value is -1.98. The van der Waals surface area contributed by atoms with Crippen molar-refractivity contribution in [3.8, 4) is 23.1 Å². The molecule has 2 rings (SSSR count). The molecular weight excluding hydrogens is 282 g/mol. The summed E-state index contributed by atoms with van der Waals surface area (Å²) in [6.45, 7) is -0.253. The minimum absolute atomic E-state index is 0.253. The third-order valence-electron chi connectivity index (χ3n) is 2.59. The van der Waals surface area contributed by atoms with Crippen LogP contribution >= 0.6 is 11.6 Å². The van der Waals surface area contributed by atoms with Crippen LogP contribution in [0, 0.1) is 0 Å². The Morgan fingerprint density at radius 3 is 2.20 bits per heavy atom. The Labute approximate surface area is 121 Å². The maximum Gasteiger partial charge on any atom is 0.219 e. The van der Waals surface area contributed by atoms with Gasteiger partial charge in [0.15, 0.2) is 0 Å². The van der Waals surface area contributed by atoms with E-state index in [-0.39, 0.29) is 6.61 Å². The second kappa shape index (κ2) is 6.45. The third-order valence-corrected chi connectivity index (χ3v) is 2.93. The molecule has 6 heteroatoms. The molecule has 0 fully saturated rings. The fraction of sp³-hybridized carbons (Fsp3) is 0.214.